The van der Waals surface area contributed by atoms with Crippen LogP contribution in [0.4, 0.5) is 0 Å². The second-order valence-corrected chi connectivity index (χ2v) is 8.91. The van der Waals surface area contributed by atoms with Crippen molar-refractivity contribution in [1.82, 2.24) is 0 Å². The van der Waals surface area contributed by atoms with E-state index in [0.29, 0.717) is 0 Å². The van der Waals surface area contributed by atoms with Crippen LogP contribution in [0.1, 0.15) is 38.5 Å². The molecule has 0 aromatic rings. The zero-order chi connectivity index (χ0) is 33.6. The summed E-state index contributed by atoms with van der Waals surface area (Å²) in [6.45, 7) is 0.588. The molecule has 0 spiro atoms. The number of carbonyl (C=O) groups is 6. The molecule has 314 valence electrons. The predicted molar refractivity (Wildman–Crippen MR) is 138 cm³/mol. The number of rotatable bonds is 30. The quantitative estimate of drug-likeness (QED) is 0.0603. The Morgan fingerprint density at radius 3 is 0.558 bits per heavy atom. The minimum absolute atomic E-state index is 0. The van der Waals surface area contributed by atoms with Gasteiger partial charge in [0.1, 0.15) is 0 Å². The molecule has 0 aromatic carbocycles. The number of hydrogen-bond acceptors (Lipinski definition) is 20. The van der Waals surface area contributed by atoms with E-state index in [1.807, 2.05) is 0 Å². The molecule has 0 amide bonds. The number of carboxylic acid groups (broad SMARTS) is 6. The third-order valence-electron chi connectivity index (χ3n) is 4.82. The summed E-state index contributed by atoms with van der Waals surface area (Å²) in [5.41, 5.74) is 0. The summed E-state index contributed by atoms with van der Waals surface area (Å²) in [6.07, 6.45) is -1.48. The van der Waals surface area contributed by atoms with E-state index in [2.05, 4.69) is 0 Å². The number of aliphatic carboxylic acids is 6. The molecular formula is C26H42O23W3-12. The van der Waals surface area contributed by atoms with Crippen LogP contribution >= 0.6 is 0 Å². The second-order valence-electron chi connectivity index (χ2n) is 8.91. The molecule has 0 atom stereocenters. The molecule has 0 saturated carbocycles. The maximum absolute atomic E-state index is 10.2. The van der Waals surface area contributed by atoms with E-state index < -0.39 is 35.8 Å². The van der Waals surface area contributed by atoms with Crippen LogP contribution in [-0.2, 0) is 131 Å². The van der Waals surface area contributed by atoms with Crippen molar-refractivity contribution in [3.05, 3.63) is 0 Å². The fourth-order valence-corrected chi connectivity index (χ4v) is 2.72. The Labute approximate surface area is 342 Å². The molecule has 0 aliphatic carbocycles. The average molecular weight is 1270 g/mol. The fourth-order valence-electron chi connectivity index (χ4n) is 2.72. The minimum Gasteiger partial charge on any atom is -2.00 e. The molecule has 0 aromatic heterocycles. The van der Waals surface area contributed by atoms with E-state index in [1.54, 1.807) is 0 Å². The van der Waals surface area contributed by atoms with Crippen molar-refractivity contribution in [3.8, 4) is 0 Å². The molecule has 0 heterocycles. The molecule has 0 unspecified atom stereocenters. The summed E-state index contributed by atoms with van der Waals surface area (Å²) in [5, 5.41) is 61.4. The zero-order valence-corrected chi connectivity index (χ0v) is 36.5. The normalized spacial score (nSPS) is 9.12. The first kappa shape index (κ1) is 75.4. The first-order valence-electron chi connectivity index (χ1n) is 13.5. The van der Waals surface area contributed by atoms with Gasteiger partial charge in [0, 0.05) is 149 Å². The van der Waals surface area contributed by atoms with Crippen molar-refractivity contribution in [1.29, 1.82) is 0 Å². The van der Waals surface area contributed by atoms with Crippen LogP contribution in [-0.4, -0.2) is 132 Å². The first-order valence-corrected chi connectivity index (χ1v) is 13.5. The Hall–Kier alpha value is -1.56. The monoisotopic (exact) mass is 1270 g/mol. The van der Waals surface area contributed by atoms with Gasteiger partial charge in [-0.15, -0.1) is 0 Å². The largest absolute Gasteiger partial charge is 2.00 e. The van der Waals surface area contributed by atoms with Crippen LogP contribution in [0.25, 0.3) is 0 Å². The van der Waals surface area contributed by atoms with Gasteiger partial charge in [0.25, 0.3) is 0 Å². The fraction of sp³-hybridized carbons (Fsp3) is 0.769. The maximum atomic E-state index is 10.2. The van der Waals surface area contributed by atoms with Gasteiger partial charge in [-0.3, -0.25) is 0 Å². The zero-order valence-electron chi connectivity index (χ0n) is 27.7. The Balaban J connectivity index is -0.0000000735. The Morgan fingerprint density at radius 1 is 0.346 bits per heavy atom. The van der Waals surface area contributed by atoms with Gasteiger partial charge in [-0.2, -0.15) is 0 Å². The number of hydrogen-bond donors (Lipinski definition) is 0. The third-order valence-corrected chi connectivity index (χ3v) is 4.82. The van der Waals surface area contributed by atoms with Gasteiger partial charge in [0.2, 0.25) is 0 Å². The summed E-state index contributed by atoms with van der Waals surface area (Å²) >= 11 is 0. The molecule has 4 N–H and O–H groups in total. The predicted octanol–water partition coefficient (Wildman–Crippen LogP) is -9.28. The Kier molecular flexibility index (Phi) is 78.0. The molecule has 0 aliphatic rings. The van der Waals surface area contributed by atoms with Crippen molar-refractivity contribution in [2.75, 3.05) is 79.3 Å². The van der Waals surface area contributed by atoms with Gasteiger partial charge in [-0.1, -0.05) is 0 Å². The summed E-state index contributed by atoms with van der Waals surface area (Å²) in [5.74, 6) is -7.95. The van der Waals surface area contributed by atoms with Gasteiger partial charge >= 0.3 is 0 Å². The molecule has 0 radical (unpaired) electrons. The summed E-state index contributed by atoms with van der Waals surface area (Å²) in [6, 6.07) is 0. The van der Waals surface area contributed by atoms with Crippen LogP contribution in [0.15, 0.2) is 0 Å². The van der Waals surface area contributed by atoms with Crippen LogP contribution < -0.4 is 30.6 Å². The molecule has 0 bridgehead atoms. The molecule has 0 saturated heterocycles. The maximum Gasteiger partial charge on any atom is 0.0538 e. The SMILES string of the molecule is O.O=C([O-])CCOCC(COCCC(=O)[O-])COCCC(=O)[O-].O=C([O-])CCOCC(COCCC(=O)[O-])COCCC(=O)[O-].[O-2].[O-2].[OH-].[OH-].[W].[W].[W]. The number of carboxylic acids is 6. The average Bonchev–Trinajstić information content (AvgIpc) is 2.92. The summed E-state index contributed by atoms with van der Waals surface area (Å²) in [4.78, 5) is 61.4. The number of carbonyl (C=O) groups excluding carboxylic acids is 6. The molecule has 26 heteroatoms. The molecule has 0 fully saturated rings. The molecule has 23 nitrogen and oxygen atoms in total. The van der Waals surface area contributed by atoms with Gasteiger partial charge in [-0.25, -0.2) is 0 Å². The molecule has 52 heavy (non-hydrogen) atoms. The van der Waals surface area contributed by atoms with Gasteiger partial charge in [-0.05, 0) is 0 Å². The summed E-state index contributed by atoms with van der Waals surface area (Å²) in [7, 11) is 0. The van der Waals surface area contributed by atoms with Crippen LogP contribution in [0.3, 0.4) is 0 Å². The van der Waals surface area contributed by atoms with Crippen molar-refractivity contribution in [2.24, 2.45) is 11.8 Å². The minimum atomic E-state index is -1.23. The standard InChI is InChI=1S/2C13H22O9.3H2O.2O.3W/c2*14-11(15)1-4-20-7-10(8-21-5-2-12(16)17)9-22-6-3-13(18)19;;;;;;;;/h2*10H,1-9H2,(H,14,15)(H,16,17)(H,18,19);3*1H2;;;;;/q;;;;;2*-2;;;/p-8. The van der Waals surface area contributed by atoms with Crippen LogP contribution in [0, 0.1) is 11.8 Å². The van der Waals surface area contributed by atoms with Crippen molar-refractivity contribution in [2.45, 2.75) is 38.5 Å². The van der Waals surface area contributed by atoms with E-state index in [-0.39, 0.29) is 220 Å². The van der Waals surface area contributed by atoms with Crippen LogP contribution in [0.2, 0.25) is 0 Å². The Bertz CT molecular complexity index is 669. The molecular weight excluding hydrogens is 1230 g/mol. The molecule has 0 rings (SSSR count). The first-order chi connectivity index (χ1) is 20.8. The van der Waals surface area contributed by atoms with E-state index >= 15 is 0 Å². The van der Waals surface area contributed by atoms with E-state index in [4.69, 9.17) is 28.4 Å². The van der Waals surface area contributed by atoms with Crippen molar-refractivity contribution in [3.63, 3.8) is 0 Å². The van der Waals surface area contributed by atoms with Crippen LogP contribution in [0.5, 0.6) is 0 Å². The summed E-state index contributed by atoms with van der Waals surface area (Å²) < 4.78 is 30.7. The van der Waals surface area contributed by atoms with E-state index in [0.717, 1.165) is 0 Å². The van der Waals surface area contributed by atoms with Gasteiger partial charge in [0.15, 0.2) is 0 Å². The van der Waals surface area contributed by atoms with Crippen molar-refractivity contribution < 1.29 is 178 Å². The topological polar surface area (TPSA) is 445 Å². The van der Waals surface area contributed by atoms with E-state index in [1.165, 1.54) is 0 Å². The molecule has 0 aliphatic heterocycles. The number of ether oxygens (including phenoxy) is 6. The van der Waals surface area contributed by atoms with E-state index in [9.17, 15) is 59.4 Å². The van der Waals surface area contributed by atoms with Gasteiger partial charge < -0.3 is 115 Å². The third kappa shape index (κ3) is 66.7. The van der Waals surface area contributed by atoms with Crippen molar-refractivity contribution >= 4 is 35.8 Å². The smallest absolute Gasteiger partial charge is 0.0538 e. The second kappa shape index (κ2) is 53.8. The Morgan fingerprint density at radius 2 is 0.462 bits per heavy atom. The van der Waals surface area contributed by atoms with Gasteiger partial charge in [0.05, 0.1) is 79.3 Å².